The van der Waals surface area contributed by atoms with Crippen LogP contribution in [0.3, 0.4) is 0 Å². The fourth-order valence-electron chi connectivity index (χ4n) is 1.88. The molecule has 0 radical (unpaired) electrons. The van der Waals surface area contributed by atoms with Crippen molar-refractivity contribution < 1.29 is 17.6 Å². The highest BCUT2D eigenvalue weighted by atomic mass is 32.1. The maximum Gasteiger partial charge on any atom is 0.417 e. The number of rotatable bonds is 2. The molecule has 20 heavy (non-hydrogen) atoms. The predicted molar refractivity (Wildman–Crippen MR) is 69.8 cm³/mol. The second-order valence-corrected chi connectivity index (χ2v) is 5.48. The van der Waals surface area contributed by atoms with Crippen molar-refractivity contribution in [3.63, 3.8) is 0 Å². The summed E-state index contributed by atoms with van der Waals surface area (Å²) in [5.74, 6) is -0.929. The predicted octanol–water partition coefficient (Wildman–Crippen LogP) is 4.30. The molecule has 1 unspecified atom stereocenters. The molecule has 2 nitrogen and oxygen atoms in total. The van der Waals surface area contributed by atoms with Gasteiger partial charge in [-0.05, 0) is 32.0 Å². The molecule has 108 valence electrons. The number of alkyl halides is 3. The Kier molecular flexibility index (Phi) is 3.84. The number of thiazole rings is 1. The molecular weight excluding hydrogens is 292 g/mol. The molecule has 0 saturated carbocycles. The van der Waals surface area contributed by atoms with E-state index in [0.29, 0.717) is 11.8 Å². The molecule has 0 aliphatic heterocycles. The van der Waals surface area contributed by atoms with Gasteiger partial charge in [0.15, 0.2) is 0 Å². The van der Waals surface area contributed by atoms with Crippen molar-refractivity contribution in [2.24, 2.45) is 5.73 Å². The maximum atomic E-state index is 13.1. The van der Waals surface area contributed by atoms with Crippen LogP contribution in [0.2, 0.25) is 0 Å². The molecule has 0 aliphatic rings. The van der Waals surface area contributed by atoms with Gasteiger partial charge in [0.25, 0.3) is 0 Å². The van der Waals surface area contributed by atoms with Gasteiger partial charge >= 0.3 is 6.18 Å². The van der Waals surface area contributed by atoms with E-state index in [1.54, 1.807) is 13.8 Å². The van der Waals surface area contributed by atoms with E-state index in [-0.39, 0.29) is 16.6 Å². The number of nitrogens with zero attached hydrogens (tertiary/aromatic N) is 1. The van der Waals surface area contributed by atoms with Gasteiger partial charge in [-0.3, -0.25) is 0 Å². The Bertz CT molecular complexity index is 632. The van der Waals surface area contributed by atoms with E-state index in [2.05, 4.69) is 4.98 Å². The quantitative estimate of drug-likeness (QED) is 0.840. The molecule has 0 amide bonds. The van der Waals surface area contributed by atoms with E-state index in [0.717, 1.165) is 28.3 Å². The van der Waals surface area contributed by atoms with E-state index in [1.807, 2.05) is 0 Å². The lowest BCUT2D eigenvalue weighted by molar-refractivity contribution is -0.137. The van der Waals surface area contributed by atoms with Crippen LogP contribution in [0.1, 0.15) is 29.1 Å². The third-order valence-corrected chi connectivity index (χ3v) is 4.16. The molecular formula is C13H12F4N2S. The zero-order chi connectivity index (χ0) is 15.1. The van der Waals surface area contributed by atoms with Crippen LogP contribution in [0.15, 0.2) is 18.2 Å². The topological polar surface area (TPSA) is 38.9 Å². The molecule has 0 spiro atoms. The lowest BCUT2D eigenvalue weighted by Gasteiger charge is -2.11. The lowest BCUT2D eigenvalue weighted by atomic mass is 10.1. The third-order valence-electron chi connectivity index (χ3n) is 2.76. The number of hydrogen-bond donors (Lipinski definition) is 1. The Morgan fingerprint density at radius 3 is 2.45 bits per heavy atom. The summed E-state index contributed by atoms with van der Waals surface area (Å²) in [5, 5.41) is 0.196. The molecule has 2 rings (SSSR count). The van der Waals surface area contributed by atoms with Crippen molar-refractivity contribution in [3.8, 4) is 10.6 Å². The second-order valence-electron chi connectivity index (χ2n) is 4.45. The Labute approximate surface area is 117 Å². The van der Waals surface area contributed by atoms with Gasteiger partial charge in [-0.15, -0.1) is 11.3 Å². The highest BCUT2D eigenvalue weighted by molar-refractivity contribution is 7.15. The van der Waals surface area contributed by atoms with Gasteiger partial charge in [0.1, 0.15) is 10.8 Å². The second kappa shape index (κ2) is 5.14. The first kappa shape index (κ1) is 14.9. The average Bonchev–Trinajstić information content (AvgIpc) is 2.70. The van der Waals surface area contributed by atoms with Gasteiger partial charge in [0.05, 0.1) is 11.3 Å². The smallest absolute Gasteiger partial charge is 0.323 e. The van der Waals surface area contributed by atoms with Crippen LogP contribution in [0, 0.1) is 12.7 Å². The number of nitrogens with two attached hydrogens (primary N) is 1. The van der Waals surface area contributed by atoms with E-state index in [1.165, 1.54) is 0 Å². The minimum absolute atomic E-state index is 0.126. The molecule has 0 fully saturated rings. The molecule has 1 aromatic heterocycles. The summed E-state index contributed by atoms with van der Waals surface area (Å²) in [6, 6.07) is 2.27. The Balaban J connectivity index is 2.61. The summed E-state index contributed by atoms with van der Waals surface area (Å²) < 4.78 is 52.0. The van der Waals surface area contributed by atoms with Crippen LogP contribution in [-0.2, 0) is 6.18 Å². The minimum Gasteiger partial charge on any atom is -0.323 e. The highest BCUT2D eigenvalue weighted by Crippen LogP contribution is 2.40. The van der Waals surface area contributed by atoms with E-state index in [4.69, 9.17) is 5.73 Å². The zero-order valence-electron chi connectivity index (χ0n) is 10.8. The van der Waals surface area contributed by atoms with E-state index < -0.39 is 17.6 Å². The van der Waals surface area contributed by atoms with E-state index in [9.17, 15) is 17.6 Å². The van der Waals surface area contributed by atoms with Gasteiger partial charge in [-0.2, -0.15) is 13.2 Å². The summed E-state index contributed by atoms with van der Waals surface area (Å²) in [6.45, 7) is 3.43. The van der Waals surface area contributed by atoms with Gasteiger partial charge < -0.3 is 5.73 Å². The Hall–Kier alpha value is -1.47. The normalized spacial score (nSPS) is 13.6. The minimum atomic E-state index is -4.63. The molecule has 2 N–H and O–H groups in total. The number of benzene rings is 1. The first-order chi connectivity index (χ1) is 9.20. The molecule has 0 saturated heterocycles. The molecule has 1 heterocycles. The van der Waals surface area contributed by atoms with E-state index >= 15 is 0 Å². The van der Waals surface area contributed by atoms with Crippen molar-refractivity contribution in [3.05, 3.63) is 40.2 Å². The van der Waals surface area contributed by atoms with Crippen LogP contribution < -0.4 is 5.73 Å². The van der Waals surface area contributed by atoms with Crippen molar-refractivity contribution in [1.82, 2.24) is 4.98 Å². The summed E-state index contributed by atoms with van der Waals surface area (Å²) in [4.78, 5) is 4.84. The number of hydrogen-bond acceptors (Lipinski definition) is 3. The summed E-state index contributed by atoms with van der Waals surface area (Å²) in [5.41, 5.74) is 5.19. The highest BCUT2D eigenvalue weighted by Gasteiger charge is 2.35. The molecule has 1 atom stereocenters. The fraction of sp³-hybridized carbons (Fsp3) is 0.308. The van der Waals surface area contributed by atoms with Gasteiger partial charge in [0, 0.05) is 16.5 Å². The molecule has 0 bridgehead atoms. The average molecular weight is 304 g/mol. The first-order valence-electron chi connectivity index (χ1n) is 5.80. The Morgan fingerprint density at radius 2 is 1.95 bits per heavy atom. The van der Waals surface area contributed by atoms with Crippen LogP contribution in [-0.4, -0.2) is 4.98 Å². The Morgan fingerprint density at radius 1 is 1.30 bits per heavy atom. The standard InChI is InChI=1S/C13H12F4N2S/c1-6(18)11-7(2)19-12(20-11)9-4-3-8(14)5-10(9)13(15,16)17/h3-6H,18H2,1-2H3. The largest absolute Gasteiger partial charge is 0.417 e. The van der Waals surface area contributed by atoms with Gasteiger partial charge in [-0.1, -0.05) is 0 Å². The SMILES string of the molecule is Cc1nc(-c2ccc(F)cc2C(F)(F)F)sc1C(C)N. The summed E-state index contributed by atoms with van der Waals surface area (Å²) in [7, 11) is 0. The fourth-order valence-corrected chi connectivity index (χ4v) is 2.94. The summed E-state index contributed by atoms with van der Waals surface area (Å²) in [6.07, 6.45) is -4.63. The van der Waals surface area contributed by atoms with Gasteiger partial charge in [0.2, 0.25) is 0 Å². The maximum absolute atomic E-state index is 13.1. The van der Waals surface area contributed by atoms with Crippen molar-refractivity contribution >= 4 is 11.3 Å². The van der Waals surface area contributed by atoms with Crippen LogP contribution >= 0.6 is 11.3 Å². The third kappa shape index (κ3) is 2.83. The first-order valence-corrected chi connectivity index (χ1v) is 6.62. The number of aryl methyl sites for hydroxylation is 1. The molecule has 1 aromatic carbocycles. The molecule has 7 heteroatoms. The van der Waals surface area contributed by atoms with Crippen LogP contribution in [0.5, 0.6) is 0 Å². The van der Waals surface area contributed by atoms with Crippen molar-refractivity contribution in [2.45, 2.75) is 26.1 Å². The number of aromatic nitrogens is 1. The number of halogens is 4. The molecule has 2 aromatic rings. The lowest BCUT2D eigenvalue weighted by Crippen LogP contribution is -2.07. The monoisotopic (exact) mass is 304 g/mol. The van der Waals surface area contributed by atoms with Crippen molar-refractivity contribution in [1.29, 1.82) is 0 Å². The van der Waals surface area contributed by atoms with Crippen molar-refractivity contribution in [2.75, 3.05) is 0 Å². The summed E-state index contributed by atoms with van der Waals surface area (Å²) >= 11 is 1.10. The zero-order valence-corrected chi connectivity index (χ0v) is 11.6. The van der Waals surface area contributed by atoms with Crippen LogP contribution in [0.25, 0.3) is 10.6 Å². The molecule has 0 aliphatic carbocycles. The van der Waals surface area contributed by atoms with Crippen LogP contribution in [0.4, 0.5) is 17.6 Å². The van der Waals surface area contributed by atoms with Gasteiger partial charge in [-0.25, -0.2) is 9.37 Å².